The molecule has 3 aliphatic heterocycles. The van der Waals surface area contributed by atoms with Crippen molar-refractivity contribution in [2.45, 2.75) is 102 Å². The van der Waals surface area contributed by atoms with Crippen molar-refractivity contribution in [1.29, 1.82) is 0 Å². The van der Waals surface area contributed by atoms with Gasteiger partial charge in [0.15, 0.2) is 6.10 Å². The van der Waals surface area contributed by atoms with Crippen molar-refractivity contribution in [3.8, 4) is 0 Å². The van der Waals surface area contributed by atoms with E-state index in [9.17, 15) is 24.6 Å². The molecule has 2 aliphatic carbocycles. The molecule has 2 N–H and O–H groups in total. The van der Waals surface area contributed by atoms with Crippen LogP contribution in [0.5, 0.6) is 0 Å². The van der Waals surface area contributed by atoms with Crippen molar-refractivity contribution in [2.75, 3.05) is 19.8 Å². The predicted molar refractivity (Wildman–Crippen MR) is 156 cm³/mol. The number of ether oxygens (including phenoxy) is 6. The Morgan fingerprint density at radius 2 is 1.95 bits per heavy atom. The van der Waals surface area contributed by atoms with E-state index < -0.39 is 76.9 Å². The number of allylic oxidation sites excluding steroid dienone is 3. The second-order valence-electron chi connectivity index (χ2n) is 12.9. The highest BCUT2D eigenvalue weighted by Gasteiger charge is 2.83. The number of carbonyl (C=O) groups excluding carboxylic acids is 3. The van der Waals surface area contributed by atoms with Gasteiger partial charge in [-0.3, -0.25) is 0 Å². The maximum atomic E-state index is 13.3. The average molecular weight is 617 g/mol. The van der Waals surface area contributed by atoms with Gasteiger partial charge in [0.25, 0.3) is 0 Å². The summed E-state index contributed by atoms with van der Waals surface area (Å²) in [6.07, 6.45) is 6.62. The monoisotopic (exact) mass is 616 g/mol. The molecule has 1 saturated carbocycles. The predicted octanol–water partition coefficient (Wildman–Crippen LogP) is 2.49. The highest BCUT2D eigenvalue weighted by Crippen LogP contribution is 2.72. The van der Waals surface area contributed by atoms with E-state index >= 15 is 0 Å². The molecule has 0 aromatic rings. The zero-order chi connectivity index (χ0) is 31.9. The second-order valence-corrected chi connectivity index (χ2v) is 12.9. The fraction of sp³-hybridized carbons (Fsp3) is 0.667. The molecule has 3 fully saturated rings. The third-order valence-electron chi connectivity index (χ3n) is 10.4. The normalized spacial score (nSPS) is 44.8. The van der Waals surface area contributed by atoms with E-state index in [1.807, 2.05) is 19.9 Å². The highest BCUT2D eigenvalue weighted by atomic mass is 16.6. The topological polar surface area (TPSA) is 150 Å². The molecule has 5 rings (SSSR count). The van der Waals surface area contributed by atoms with E-state index in [0.29, 0.717) is 19.4 Å². The zero-order valence-corrected chi connectivity index (χ0v) is 26.0. The Hall–Kier alpha value is -2.83. The quantitative estimate of drug-likeness (QED) is 0.158. The maximum Gasteiger partial charge on any atom is 0.335 e. The van der Waals surface area contributed by atoms with Gasteiger partial charge < -0.3 is 38.6 Å². The second kappa shape index (κ2) is 12.5. The van der Waals surface area contributed by atoms with E-state index in [0.717, 1.165) is 5.57 Å². The van der Waals surface area contributed by atoms with Crippen molar-refractivity contribution >= 4 is 17.9 Å². The van der Waals surface area contributed by atoms with Crippen molar-refractivity contribution in [1.82, 2.24) is 0 Å². The molecule has 5 aliphatic rings. The van der Waals surface area contributed by atoms with Gasteiger partial charge in [-0.1, -0.05) is 44.2 Å². The maximum absolute atomic E-state index is 13.3. The van der Waals surface area contributed by atoms with E-state index in [1.165, 1.54) is 18.2 Å². The standard InChI is InChI=1S/C33H44O11/c1-6-9-27(35)42-23-16-32-17-40-30(38)29(37)19(2)12-13-39-22(21(4)34)10-7-8-11-28(36)44-24-15-26(43-25(32)14-20(23)3)33(18-41-33)31(24,32)5/h6-11,14,19,21-26,29,34,37H,12-13,15-18H2,1-5H3/b9-6+,10-7+,11-8+/t19-,21+,22-,23+,24-,25-,26-,29+,31-,32-,33+/m1/s1. The Morgan fingerprint density at radius 3 is 2.64 bits per heavy atom. The summed E-state index contributed by atoms with van der Waals surface area (Å²) in [6, 6.07) is 0. The first-order valence-corrected chi connectivity index (χ1v) is 15.4. The van der Waals surface area contributed by atoms with Crippen LogP contribution in [-0.4, -0.2) is 96.3 Å². The molecule has 242 valence electrons. The van der Waals surface area contributed by atoms with Gasteiger partial charge in [-0.25, -0.2) is 14.4 Å². The van der Waals surface area contributed by atoms with E-state index in [2.05, 4.69) is 0 Å². The molecular weight excluding hydrogens is 572 g/mol. The highest BCUT2D eigenvalue weighted by molar-refractivity contribution is 5.83. The summed E-state index contributed by atoms with van der Waals surface area (Å²) in [5.41, 5.74) is -1.95. The lowest BCUT2D eigenvalue weighted by Crippen LogP contribution is -2.68. The smallest absolute Gasteiger partial charge is 0.335 e. The largest absolute Gasteiger partial charge is 0.463 e. The Bertz CT molecular complexity index is 1250. The van der Waals surface area contributed by atoms with Gasteiger partial charge in [-0.15, -0.1) is 0 Å². The molecule has 44 heavy (non-hydrogen) atoms. The number of epoxide rings is 1. The number of cyclic esters (lactones) is 1. The molecule has 11 atom stereocenters. The Labute approximate surface area is 257 Å². The molecule has 0 aromatic carbocycles. The van der Waals surface area contributed by atoms with Gasteiger partial charge in [0.2, 0.25) is 0 Å². The van der Waals surface area contributed by atoms with E-state index in [1.54, 1.807) is 39.0 Å². The summed E-state index contributed by atoms with van der Waals surface area (Å²) in [5.74, 6) is -2.40. The molecular formula is C33H44O11. The molecule has 2 bridgehead atoms. The molecule has 3 heterocycles. The minimum absolute atomic E-state index is 0.168. The van der Waals surface area contributed by atoms with Crippen LogP contribution in [0.15, 0.2) is 48.1 Å². The summed E-state index contributed by atoms with van der Waals surface area (Å²) < 4.78 is 36.5. The van der Waals surface area contributed by atoms with Crippen LogP contribution in [-0.2, 0) is 42.8 Å². The third-order valence-corrected chi connectivity index (χ3v) is 10.4. The molecule has 2 saturated heterocycles. The summed E-state index contributed by atoms with van der Waals surface area (Å²) in [6.45, 7) is 9.23. The lowest BCUT2D eigenvalue weighted by molar-refractivity contribution is -0.242. The first-order valence-electron chi connectivity index (χ1n) is 15.4. The number of esters is 3. The van der Waals surface area contributed by atoms with Crippen LogP contribution in [0.1, 0.15) is 53.9 Å². The van der Waals surface area contributed by atoms with Gasteiger partial charge in [-0.2, -0.15) is 0 Å². The molecule has 11 nitrogen and oxygen atoms in total. The Morgan fingerprint density at radius 1 is 1.20 bits per heavy atom. The molecule has 0 unspecified atom stereocenters. The number of aliphatic hydroxyl groups is 2. The molecule has 0 aromatic heterocycles. The number of hydrogen-bond donors (Lipinski definition) is 2. The van der Waals surface area contributed by atoms with Crippen LogP contribution in [0, 0.1) is 16.7 Å². The first kappa shape index (κ1) is 32.6. The SMILES string of the molecule is C/C=C/C(=O)O[C@H]1C[C@@]23COC(=O)[C@@H](O)[C@H](C)CCO[C@@H]([C@H](C)O)/C=C/C=C/C(=O)O[C@@H]4C[C@@H](O[C@@H]2C=C1C)[C@@]1(CO1)[C@]43C. The minimum atomic E-state index is -1.44. The van der Waals surface area contributed by atoms with E-state index in [-0.39, 0.29) is 25.7 Å². The van der Waals surface area contributed by atoms with Crippen LogP contribution in [0.2, 0.25) is 0 Å². The van der Waals surface area contributed by atoms with Crippen LogP contribution in [0.25, 0.3) is 0 Å². The summed E-state index contributed by atoms with van der Waals surface area (Å²) in [5, 5.41) is 21.0. The van der Waals surface area contributed by atoms with Crippen LogP contribution in [0.3, 0.4) is 0 Å². The third kappa shape index (κ3) is 5.58. The molecule has 11 heteroatoms. The Kier molecular flexibility index (Phi) is 9.26. The van der Waals surface area contributed by atoms with Crippen molar-refractivity contribution < 1.29 is 53.0 Å². The molecule has 0 amide bonds. The fourth-order valence-electron chi connectivity index (χ4n) is 7.48. The van der Waals surface area contributed by atoms with Crippen molar-refractivity contribution in [3.05, 3.63) is 48.1 Å². The number of rotatable bonds is 3. The van der Waals surface area contributed by atoms with Crippen molar-refractivity contribution in [3.63, 3.8) is 0 Å². The lowest BCUT2D eigenvalue weighted by Gasteiger charge is -2.59. The summed E-state index contributed by atoms with van der Waals surface area (Å²) >= 11 is 0. The van der Waals surface area contributed by atoms with Crippen molar-refractivity contribution in [2.24, 2.45) is 16.7 Å². The summed E-state index contributed by atoms with van der Waals surface area (Å²) in [7, 11) is 0. The van der Waals surface area contributed by atoms with Gasteiger partial charge in [-0.05, 0) is 38.7 Å². The zero-order valence-electron chi connectivity index (χ0n) is 26.0. The van der Waals surface area contributed by atoms with Crippen LogP contribution in [0.4, 0.5) is 0 Å². The fourth-order valence-corrected chi connectivity index (χ4v) is 7.48. The molecule has 2 spiro atoms. The van der Waals surface area contributed by atoms with Gasteiger partial charge in [0.1, 0.15) is 30.5 Å². The average Bonchev–Trinajstić information content (AvgIpc) is 3.75. The van der Waals surface area contributed by atoms with E-state index in [4.69, 9.17) is 28.4 Å². The summed E-state index contributed by atoms with van der Waals surface area (Å²) in [4.78, 5) is 39.1. The van der Waals surface area contributed by atoms with Gasteiger partial charge >= 0.3 is 17.9 Å². The number of carbonyl (C=O) groups is 3. The lowest BCUT2D eigenvalue weighted by atomic mass is 9.51. The number of hydrogen-bond acceptors (Lipinski definition) is 11. The first-order chi connectivity index (χ1) is 20.9. The number of aliphatic hydroxyl groups excluding tert-OH is 2. The van der Waals surface area contributed by atoms with Crippen LogP contribution >= 0.6 is 0 Å². The van der Waals surface area contributed by atoms with Gasteiger partial charge in [0.05, 0.1) is 35.7 Å². The van der Waals surface area contributed by atoms with Gasteiger partial charge in [0, 0.05) is 31.6 Å². The minimum Gasteiger partial charge on any atom is -0.463 e. The Balaban J connectivity index is 1.55. The molecule has 0 radical (unpaired) electrons. The van der Waals surface area contributed by atoms with Crippen LogP contribution < -0.4 is 0 Å².